The van der Waals surface area contributed by atoms with Gasteiger partial charge in [0.25, 0.3) is 0 Å². The number of amides is 1. The Morgan fingerprint density at radius 2 is 2.05 bits per heavy atom. The van der Waals surface area contributed by atoms with Crippen molar-refractivity contribution in [1.82, 2.24) is 9.80 Å². The van der Waals surface area contributed by atoms with Gasteiger partial charge in [0.15, 0.2) is 0 Å². The maximum absolute atomic E-state index is 12.6. The zero-order chi connectivity index (χ0) is 15.1. The molecule has 0 aromatic carbocycles. The topological polar surface area (TPSA) is 58.8 Å². The van der Waals surface area contributed by atoms with Gasteiger partial charge in [-0.05, 0) is 57.0 Å². The van der Waals surface area contributed by atoms with Gasteiger partial charge in [0.2, 0.25) is 5.91 Å². The molecule has 0 radical (unpaired) electrons. The van der Waals surface area contributed by atoms with E-state index in [0.29, 0.717) is 43.4 Å². The van der Waals surface area contributed by atoms with Crippen LogP contribution in [0.3, 0.4) is 0 Å². The molecule has 4 aliphatic heterocycles. The van der Waals surface area contributed by atoms with Gasteiger partial charge in [-0.3, -0.25) is 9.69 Å². The van der Waals surface area contributed by atoms with Crippen molar-refractivity contribution in [2.45, 2.75) is 56.7 Å². The Bertz CT molecular complexity index is 428. The molecule has 5 heteroatoms. The Morgan fingerprint density at radius 3 is 2.86 bits per heavy atom. The van der Waals surface area contributed by atoms with Crippen molar-refractivity contribution in [3.8, 4) is 0 Å². The Morgan fingerprint density at radius 1 is 1.23 bits per heavy atom. The van der Waals surface area contributed by atoms with E-state index in [1.807, 2.05) is 0 Å². The van der Waals surface area contributed by atoms with Crippen molar-refractivity contribution in [1.29, 1.82) is 0 Å². The fourth-order valence-electron chi connectivity index (χ4n) is 5.61. The first-order valence-electron chi connectivity index (χ1n) is 9.13. The van der Waals surface area contributed by atoms with E-state index in [9.17, 15) is 4.79 Å². The van der Waals surface area contributed by atoms with Crippen LogP contribution in [-0.2, 0) is 9.53 Å². The maximum Gasteiger partial charge on any atom is 0.225 e. The molecule has 5 unspecified atom stereocenters. The van der Waals surface area contributed by atoms with Crippen LogP contribution in [0.15, 0.2) is 0 Å². The van der Waals surface area contributed by atoms with Crippen LogP contribution in [0.4, 0.5) is 0 Å². The van der Waals surface area contributed by atoms with Crippen molar-refractivity contribution >= 4 is 5.91 Å². The number of carbonyl (C=O) groups excluding carboxylic acids is 1. The summed E-state index contributed by atoms with van der Waals surface area (Å²) in [5.74, 6) is 1.70. The molecule has 0 aromatic heterocycles. The first kappa shape index (κ1) is 14.9. The van der Waals surface area contributed by atoms with Gasteiger partial charge in [-0.1, -0.05) is 0 Å². The Labute approximate surface area is 133 Å². The molecule has 2 N–H and O–H groups in total. The fraction of sp³-hybridized carbons (Fsp3) is 0.941. The molecule has 1 amide bonds. The molecule has 4 saturated heterocycles. The zero-order valence-corrected chi connectivity index (χ0v) is 13.5. The molecule has 0 spiro atoms. The van der Waals surface area contributed by atoms with E-state index < -0.39 is 0 Å². The van der Waals surface area contributed by atoms with E-state index in [1.165, 1.54) is 38.8 Å². The normalized spacial score (nSPS) is 42.0. The lowest BCUT2D eigenvalue weighted by molar-refractivity contribution is -0.160. The lowest BCUT2D eigenvalue weighted by atomic mass is 9.68. The van der Waals surface area contributed by atoms with Crippen LogP contribution in [0.2, 0.25) is 0 Å². The molecular weight excluding hydrogens is 278 g/mol. The Kier molecular flexibility index (Phi) is 4.13. The molecule has 4 rings (SSSR count). The molecular formula is C17H29N3O2. The highest BCUT2D eigenvalue weighted by Gasteiger charge is 2.51. The van der Waals surface area contributed by atoms with E-state index in [0.717, 1.165) is 19.0 Å². The number of nitrogens with zero attached hydrogens (tertiary/aromatic N) is 2. The summed E-state index contributed by atoms with van der Waals surface area (Å²) in [5, 5.41) is 0. The molecule has 0 aromatic rings. The Balaban J connectivity index is 1.54. The third-order valence-electron chi connectivity index (χ3n) is 6.37. The molecule has 4 heterocycles. The molecule has 5 nitrogen and oxygen atoms in total. The van der Waals surface area contributed by atoms with Gasteiger partial charge in [0.05, 0.1) is 19.1 Å². The summed E-state index contributed by atoms with van der Waals surface area (Å²) < 4.78 is 5.84. The number of rotatable bonds is 3. The van der Waals surface area contributed by atoms with Crippen LogP contribution in [0.25, 0.3) is 0 Å². The van der Waals surface area contributed by atoms with Crippen molar-refractivity contribution in [2.24, 2.45) is 17.6 Å². The number of carbonyl (C=O) groups is 1. The van der Waals surface area contributed by atoms with Gasteiger partial charge in [-0.25, -0.2) is 0 Å². The van der Waals surface area contributed by atoms with E-state index in [4.69, 9.17) is 10.5 Å². The lowest BCUT2D eigenvalue weighted by Gasteiger charge is -2.59. The molecule has 22 heavy (non-hydrogen) atoms. The second-order valence-corrected chi connectivity index (χ2v) is 7.57. The smallest absolute Gasteiger partial charge is 0.225 e. The van der Waals surface area contributed by atoms with E-state index in [2.05, 4.69) is 9.80 Å². The zero-order valence-electron chi connectivity index (χ0n) is 13.5. The van der Waals surface area contributed by atoms with Gasteiger partial charge in [-0.2, -0.15) is 0 Å². The highest BCUT2D eigenvalue weighted by atomic mass is 16.5. The molecule has 4 fully saturated rings. The van der Waals surface area contributed by atoms with Gasteiger partial charge >= 0.3 is 0 Å². The van der Waals surface area contributed by atoms with Gasteiger partial charge in [-0.15, -0.1) is 0 Å². The van der Waals surface area contributed by atoms with E-state index >= 15 is 0 Å². The highest BCUT2D eigenvalue weighted by Crippen LogP contribution is 2.45. The van der Waals surface area contributed by atoms with Crippen LogP contribution < -0.4 is 5.73 Å². The van der Waals surface area contributed by atoms with Crippen molar-refractivity contribution in [2.75, 3.05) is 32.8 Å². The first-order valence-corrected chi connectivity index (χ1v) is 9.13. The monoisotopic (exact) mass is 307 g/mol. The van der Waals surface area contributed by atoms with E-state index in [1.54, 1.807) is 0 Å². The standard InChI is InChI=1S/C17H29N3O2/c18-5-8-22-13-9-15-14-4-2-7-19-6-1-3-12(17(14)19)11-20(15)16(21)10-13/h12-15,17H,1-11,18H2. The molecule has 0 saturated carbocycles. The maximum atomic E-state index is 12.6. The summed E-state index contributed by atoms with van der Waals surface area (Å²) >= 11 is 0. The Hall–Kier alpha value is -0.650. The minimum Gasteiger partial charge on any atom is -0.376 e. The first-order chi connectivity index (χ1) is 10.8. The number of hydrogen-bond acceptors (Lipinski definition) is 4. The average molecular weight is 307 g/mol. The van der Waals surface area contributed by atoms with E-state index in [-0.39, 0.29) is 6.10 Å². The fourth-order valence-corrected chi connectivity index (χ4v) is 5.61. The van der Waals surface area contributed by atoms with Gasteiger partial charge in [0, 0.05) is 25.2 Å². The van der Waals surface area contributed by atoms with Crippen molar-refractivity contribution in [3.63, 3.8) is 0 Å². The van der Waals surface area contributed by atoms with Crippen LogP contribution in [0.5, 0.6) is 0 Å². The lowest BCUT2D eigenvalue weighted by Crippen LogP contribution is -2.67. The molecule has 4 aliphatic rings. The molecule has 5 atom stereocenters. The quantitative estimate of drug-likeness (QED) is 0.839. The third kappa shape index (κ3) is 2.47. The number of ether oxygens (including phenoxy) is 1. The largest absolute Gasteiger partial charge is 0.376 e. The molecule has 124 valence electrons. The van der Waals surface area contributed by atoms with Crippen LogP contribution in [-0.4, -0.2) is 66.7 Å². The highest BCUT2D eigenvalue weighted by molar-refractivity contribution is 5.78. The minimum atomic E-state index is 0.0906. The number of piperidine rings is 4. The predicted molar refractivity (Wildman–Crippen MR) is 84.3 cm³/mol. The number of fused-ring (bicyclic) bond motifs is 2. The second-order valence-electron chi connectivity index (χ2n) is 7.57. The van der Waals surface area contributed by atoms with Crippen LogP contribution >= 0.6 is 0 Å². The van der Waals surface area contributed by atoms with Crippen molar-refractivity contribution in [3.05, 3.63) is 0 Å². The van der Waals surface area contributed by atoms with Crippen molar-refractivity contribution < 1.29 is 9.53 Å². The predicted octanol–water partition coefficient (Wildman–Crippen LogP) is 0.826. The number of nitrogens with two attached hydrogens (primary N) is 1. The number of hydrogen-bond donors (Lipinski definition) is 1. The molecule has 0 bridgehead atoms. The third-order valence-corrected chi connectivity index (χ3v) is 6.37. The van der Waals surface area contributed by atoms with Gasteiger partial charge in [0.1, 0.15) is 0 Å². The average Bonchev–Trinajstić information content (AvgIpc) is 2.54. The van der Waals surface area contributed by atoms with Crippen LogP contribution in [0.1, 0.15) is 38.5 Å². The second kappa shape index (κ2) is 6.10. The SMILES string of the molecule is NCCOC1CC(=O)N2CC3CCCN4CCCC(C34)C2C1. The summed E-state index contributed by atoms with van der Waals surface area (Å²) in [4.78, 5) is 17.6. The minimum absolute atomic E-state index is 0.0906. The summed E-state index contributed by atoms with van der Waals surface area (Å²) in [6, 6.07) is 1.14. The summed E-state index contributed by atoms with van der Waals surface area (Å²) in [6.07, 6.45) is 6.87. The molecule has 0 aliphatic carbocycles. The summed E-state index contributed by atoms with van der Waals surface area (Å²) in [6.45, 7) is 4.65. The summed E-state index contributed by atoms with van der Waals surface area (Å²) in [7, 11) is 0. The van der Waals surface area contributed by atoms with Crippen LogP contribution in [0, 0.1) is 11.8 Å². The van der Waals surface area contributed by atoms with Gasteiger partial charge < -0.3 is 15.4 Å². The summed E-state index contributed by atoms with van der Waals surface area (Å²) in [5.41, 5.74) is 5.55.